The van der Waals surface area contributed by atoms with Gasteiger partial charge in [-0.15, -0.1) is 0 Å². The molecule has 0 amide bonds. The monoisotopic (exact) mass is 239 g/mol. The summed E-state index contributed by atoms with van der Waals surface area (Å²) < 4.78 is 5.94. The molecule has 17 heavy (non-hydrogen) atoms. The molecule has 0 spiro atoms. The van der Waals surface area contributed by atoms with Gasteiger partial charge in [0.05, 0.1) is 18.2 Å². The largest absolute Gasteiger partial charge is 0.374 e. The molecule has 0 heterocycles. The van der Waals surface area contributed by atoms with E-state index in [-0.39, 0.29) is 5.60 Å². The van der Waals surface area contributed by atoms with Crippen molar-refractivity contribution in [1.82, 2.24) is 5.32 Å². The van der Waals surface area contributed by atoms with Crippen molar-refractivity contribution in [1.29, 1.82) is 0 Å². The van der Waals surface area contributed by atoms with Crippen LogP contribution in [0.25, 0.3) is 0 Å². The minimum atomic E-state index is -0.0403. The summed E-state index contributed by atoms with van der Waals surface area (Å²) in [4.78, 5) is 0. The van der Waals surface area contributed by atoms with Crippen molar-refractivity contribution in [2.24, 2.45) is 0 Å². The predicted molar refractivity (Wildman–Crippen MR) is 74.3 cm³/mol. The van der Waals surface area contributed by atoms with Crippen LogP contribution in [0.1, 0.15) is 59.8 Å². The summed E-state index contributed by atoms with van der Waals surface area (Å²) in [6.45, 7) is 10.5. The number of hydrogen-bond acceptors (Lipinski definition) is 2. The molecule has 0 saturated heterocycles. The van der Waals surface area contributed by atoms with E-state index < -0.39 is 0 Å². The van der Waals surface area contributed by atoms with E-state index >= 15 is 0 Å². The molecular formula is C15H29NO. The molecule has 0 bridgehead atoms. The first-order chi connectivity index (χ1) is 8.03. The lowest BCUT2D eigenvalue weighted by atomic mass is 9.94. The average molecular weight is 239 g/mol. The van der Waals surface area contributed by atoms with Gasteiger partial charge in [0.1, 0.15) is 0 Å². The van der Waals surface area contributed by atoms with Crippen molar-refractivity contribution >= 4 is 0 Å². The van der Waals surface area contributed by atoms with Crippen LogP contribution in [0, 0.1) is 0 Å². The lowest BCUT2D eigenvalue weighted by Crippen LogP contribution is -2.38. The molecule has 1 N–H and O–H groups in total. The highest BCUT2D eigenvalue weighted by Crippen LogP contribution is 2.21. The summed E-state index contributed by atoms with van der Waals surface area (Å²) in [6.07, 6.45) is 8.78. The van der Waals surface area contributed by atoms with E-state index in [1.54, 1.807) is 5.57 Å². The van der Waals surface area contributed by atoms with E-state index in [2.05, 4.69) is 39.1 Å². The van der Waals surface area contributed by atoms with Gasteiger partial charge < -0.3 is 10.1 Å². The highest BCUT2D eigenvalue weighted by molar-refractivity contribution is 5.13. The van der Waals surface area contributed by atoms with E-state index in [1.165, 1.54) is 32.1 Å². The zero-order valence-corrected chi connectivity index (χ0v) is 12.0. The Hall–Kier alpha value is -0.340. The minimum Gasteiger partial charge on any atom is -0.374 e. The van der Waals surface area contributed by atoms with Gasteiger partial charge in [0.15, 0.2) is 0 Å². The fourth-order valence-corrected chi connectivity index (χ4v) is 2.13. The predicted octanol–water partition coefficient (Wildman–Crippen LogP) is 3.67. The first kappa shape index (κ1) is 14.7. The number of ether oxygens (including phenoxy) is 1. The van der Waals surface area contributed by atoms with Crippen molar-refractivity contribution in [3.63, 3.8) is 0 Å². The number of rotatable bonds is 6. The van der Waals surface area contributed by atoms with Crippen LogP contribution in [-0.4, -0.2) is 24.8 Å². The van der Waals surface area contributed by atoms with Gasteiger partial charge in [0.25, 0.3) is 0 Å². The first-order valence-corrected chi connectivity index (χ1v) is 7.09. The Balaban J connectivity index is 2.50. The second kappa shape index (κ2) is 7.17. The highest BCUT2D eigenvalue weighted by Gasteiger charge is 2.19. The SMILES string of the molecule is CCCNC(COC(C)(C)C)C1=CCCCC1. The zero-order chi connectivity index (χ0) is 12.7. The number of allylic oxidation sites excluding steroid dienone is 1. The maximum absolute atomic E-state index is 5.94. The quantitative estimate of drug-likeness (QED) is 0.714. The fraction of sp³-hybridized carbons (Fsp3) is 0.867. The molecule has 0 aliphatic heterocycles. The van der Waals surface area contributed by atoms with Crippen LogP contribution >= 0.6 is 0 Å². The smallest absolute Gasteiger partial charge is 0.0665 e. The van der Waals surface area contributed by atoms with E-state index in [9.17, 15) is 0 Å². The molecule has 1 rings (SSSR count). The standard InChI is InChI=1S/C15H29NO/c1-5-11-16-14(12-17-15(2,3)4)13-9-7-6-8-10-13/h9,14,16H,5-8,10-12H2,1-4H3. The normalized spacial score (nSPS) is 18.9. The van der Waals surface area contributed by atoms with Gasteiger partial charge in [-0.3, -0.25) is 0 Å². The third kappa shape index (κ3) is 6.23. The molecule has 0 fully saturated rings. The Kier molecular flexibility index (Phi) is 6.21. The minimum absolute atomic E-state index is 0.0403. The third-order valence-corrected chi connectivity index (χ3v) is 3.10. The molecule has 0 aromatic carbocycles. The molecule has 1 aliphatic rings. The van der Waals surface area contributed by atoms with Crippen molar-refractivity contribution in [3.05, 3.63) is 11.6 Å². The number of hydrogen-bond donors (Lipinski definition) is 1. The van der Waals surface area contributed by atoms with Crippen LogP contribution in [0.3, 0.4) is 0 Å². The molecule has 100 valence electrons. The van der Waals surface area contributed by atoms with Crippen molar-refractivity contribution in [2.45, 2.75) is 71.4 Å². The van der Waals surface area contributed by atoms with Crippen LogP contribution in [0.2, 0.25) is 0 Å². The van der Waals surface area contributed by atoms with E-state index in [0.717, 1.165) is 13.2 Å². The van der Waals surface area contributed by atoms with Crippen LogP contribution in [0.5, 0.6) is 0 Å². The van der Waals surface area contributed by atoms with E-state index in [0.29, 0.717) is 6.04 Å². The molecule has 2 heteroatoms. The Bertz CT molecular complexity index is 240. The average Bonchev–Trinajstić information content (AvgIpc) is 2.29. The summed E-state index contributed by atoms with van der Waals surface area (Å²) in [5, 5.41) is 3.62. The van der Waals surface area contributed by atoms with Gasteiger partial charge in [-0.05, 0) is 59.4 Å². The molecule has 1 unspecified atom stereocenters. The van der Waals surface area contributed by atoms with E-state index in [1.807, 2.05) is 0 Å². The van der Waals surface area contributed by atoms with Crippen LogP contribution in [-0.2, 0) is 4.74 Å². The van der Waals surface area contributed by atoms with Gasteiger partial charge in [0.2, 0.25) is 0 Å². The molecule has 1 atom stereocenters. The molecule has 0 saturated carbocycles. The van der Waals surface area contributed by atoms with Crippen molar-refractivity contribution < 1.29 is 4.74 Å². The third-order valence-electron chi connectivity index (χ3n) is 3.10. The second-order valence-electron chi connectivity index (χ2n) is 5.95. The lowest BCUT2D eigenvalue weighted by Gasteiger charge is -2.28. The summed E-state index contributed by atoms with van der Waals surface area (Å²) in [7, 11) is 0. The summed E-state index contributed by atoms with van der Waals surface area (Å²) in [5.74, 6) is 0. The van der Waals surface area contributed by atoms with Crippen molar-refractivity contribution in [3.8, 4) is 0 Å². The van der Waals surface area contributed by atoms with Crippen LogP contribution in [0.4, 0.5) is 0 Å². The Morgan fingerprint density at radius 1 is 1.35 bits per heavy atom. The van der Waals surface area contributed by atoms with Crippen molar-refractivity contribution in [2.75, 3.05) is 13.2 Å². The molecule has 0 aromatic heterocycles. The summed E-state index contributed by atoms with van der Waals surface area (Å²) in [6, 6.07) is 0.425. The van der Waals surface area contributed by atoms with Gasteiger partial charge in [-0.25, -0.2) is 0 Å². The summed E-state index contributed by atoms with van der Waals surface area (Å²) >= 11 is 0. The van der Waals surface area contributed by atoms with Crippen LogP contribution < -0.4 is 5.32 Å². The Morgan fingerprint density at radius 3 is 2.65 bits per heavy atom. The second-order valence-corrected chi connectivity index (χ2v) is 5.95. The fourth-order valence-electron chi connectivity index (χ4n) is 2.13. The Labute approximate surface area is 107 Å². The van der Waals surface area contributed by atoms with Gasteiger partial charge in [-0.1, -0.05) is 18.6 Å². The molecular weight excluding hydrogens is 210 g/mol. The van der Waals surface area contributed by atoms with E-state index in [4.69, 9.17) is 4.74 Å². The summed E-state index contributed by atoms with van der Waals surface area (Å²) in [5.41, 5.74) is 1.52. The zero-order valence-electron chi connectivity index (χ0n) is 12.0. The Morgan fingerprint density at radius 2 is 2.12 bits per heavy atom. The topological polar surface area (TPSA) is 21.3 Å². The molecule has 1 aliphatic carbocycles. The van der Waals surface area contributed by atoms with Gasteiger partial charge >= 0.3 is 0 Å². The van der Waals surface area contributed by atoms with Gasteiger partial charge in [-0.2, -0.15) is 0 Å². The molecule has 0 radical (unpaired) electrons. The first-order valence-electron chi connectivity index (χ1n) is 7.09. The molecule has 2 nitrogen and oxygen atoms in total. The molecule has 0 aromatic rings. The maximum atomic E-state index is 5.94. The maximum Gasteiger partial charge on any atom is 0.0665 e. The van der Waals surface area contributed by atoms with Crippen LogP contribution in [0.15, 0.2) is 11.6 Å². The highest BCUT2D eigenvalue weighted by atomic mass is 16.5. The van der Waals surface area contributed by atoms with Gasteiger partial charge in [0, 0.05) is 0 Å². The lowest BCUT2D eigenvalue weighted by molar-refractivity contribution is -0.0106. The number of nitrogens with one attached hydrogen (secondary N) is 1.